The third kappa shape index (κ3) is 4.99. The topological polar surface area (TPSA) is 80.3 Å². The van der Waals surface area contributed by atoms with E-state index in [0.717, 1.165) is 5.69 Å². The van der Waals surface area contributed by atoms with Gasteiger partial charge in [-0.1, -0.05) is 6.08 Å². The van der Waals surface area contributed by atoms with E-state index in [1.54, 1.807) is 36.5 Å². The minimum absolute atomic E-state index is 0.0306. The van der Waals surface area contributed by atoms with Gasteiger partial charge in [0.1, 0.15) is 11.6 Å². The number of anilines is 2. The summed E-state index contributed by atoms with van der Waals surface area (Å²) >= 11 is 0. The molecule has 0 aliphatic rings. The zero-order valence-electron chi connectivity index (χ0n) is 13.7. The first-order valence-corrected chi connectivity index (χ1v) is 8.99. The molecule has 0 saturated carbocycles. The first-order valence-electron chi connectivity index (χ1n) is 7.51. The molecule has 0 aliphatic heterocycles. The van der Waals surface area contributed by atoms with Gasteiger partial charge in [-0.25, -0.2) is 13.4 Å². The van der Waals surface area contributed by atoms with Gasteiger partial charge < -0.3 is 10.1 Å². The molecule has 1 aromatic carbocycles. The molecule has 0 atom stereocenters. The van der Waals surface area contributed by atoms with Crippen LogP contribution in [0.2, 0.25) is 0 Å². The molecule has 1 aromatic heterocycles. The highest BCUT2D eigenvalue weighted by atomic mass is 32.2. The molecular formula is C17H21N3O3S. The van der Waals surface area contributed by atoms with Crippen molar-refractivity contribution in [2.45, 2.75) is 24.8 Å². The second kappa shape index (κ2) is 7.83. The van der Waals surface area contributed by atoms with Gasteiger partial charge >= 0.3 is 0 Å². The van der Waals surface area contributed by atoms with E-state index in [2.05, 4.69) is 21.6 Å². The number of benzene rings is 1. The Morgan fingerprint density at radius 2 is 1.92 bits per heavy atom. The van der Waals surface area contributed by atoms with E-state index in [4.69, 9.17) is 4.74 Å². The highest BCUT2D eigenvalue weighted by Gasteiger charge is 2.15. The SMILES string of the molecule is C=CCNc1ccc(NS(=O)(=O)c2ccc(OC(C)C)cc2)nc1. The van der Waals surface area contributed by atoms with E-state index in [0.29, 0.717) is 12.3 Å². The second-order valence-corrected chi connectivity index (χ2v) is 7.03. The van der Waals surface area contributed by atoms with Crippen LogP contribution in [0, 0.1) is 0 Å². The molecule has 0 radical (unpaired) electrons. The van der Waals surface area contributed by atoms with E-state index in [1.807, 2.05) is 13.8 Å². The minimum atomic E-state index is -3.69. The molecule has 128 valence electrons. The standard InChI is InChI=1S/C17H21N3O3S/c1-4-11-18-14-5-10-17(19-12-14)20-24(21,22)16-8-6-15(7-9-16)23-13(2)3/h4-10,12-13,18H,1,11H2,2-3H3,(H,19,20). The summed E-state index contributed by atoms with van der Waals surface area (Å²) < 4.78 is 32.7. The van der Waals surface area contributed by atoms with Crippen molar-refractivity contribution < 1.29 is 13.2 Å². The zero-order valence-corrected chi connectivity index (χ0v) is 14.5. The normalized spacial score (nSPS) is 11.1. The number of nitrogens with one attached hydrogen (secondary N) is 2. The molecule has 0 unspecified atom stereocenters. The van der Waals surface area contributed by atoms with Crippen molar-refractivity contribution in [2.75, 3.05) is 16.6 Å². The maximum Gasteiger partial charge on any atom is 0.263 e. The summed E-state index contributed by atoms with van der Waals surface area (Å²) in [4.78, 5) is 4.23. The third-order valence-electron chi connectivity index (χ3n) is 2.96. The number of pyridine rings is 1. The van der Waals surface area contributed by atoms with E-state index in [1.165, 1.54) is 12.1 Å². The van der Waals surface area contributed by atoms with Crippen LogP contribution in [-0.4, -0.2) is 26.1 Å². The molecule has 2 rings (SSSR count). The van der Waals surface area contributed by atoms with Crippen molar-refractivity contribution >= 4 is 21.5 Å². The van der Waals surface area contributed by atoms with Gasteiger partial charge in [0.25, 0.3) is 10.0 Å². The number of rotatable bonds is 8. The molecule has 0 amide bonds. The van der Waals surface area contributed by atoms with E-state index >= 15 is 0 Å². The van der Waals surface area contributed by atoms with Crippen LogP contribution in [0.4, 0.5) is 11.5 Å². The Morgan fingerprint density at radius 3 is 2.46 bits per heavy atom. The molecule has 0 aliphatic carbocycles. The lowest BCUT2D eigenvalue weighted by molar-refractivity contribution is 0.242. The summed E-state index contributed by atoms with van der Waals surface area (Å²) in [5.74, 6) is 0.876. The summed E-state index contributed by atoms with van der Waals surface area (Å²) in [6.07, 6.45) is 3.31. The molecule has 7 heteroatoms. The summed E-state index contributed by atoms with van der Waals surface area (Å²) in [6.45, 7) is 8.04. The van der Waals surface area contributed by atoms with E-state index in [-0.39, 0.29) is 16.8 Å². The van der Waals surface area contributed by atoms with Gasteiger partial charge in [0.15, 0.2) is 0 Å². The van der Waals surface area contributed by atoms with Gasteiger partial charge in [0, 0.05) is 6.54 Å². The van der Waals surface area contributed by atoms with Crippen LogP contribution in [0.1, 0.15) is 13.8 Å². The zero-order chi connectivity index (χ0) is 17.6. The number of sulfonamides is 1. The van der Waals surface area contributed by atoms with Crippen LogP contribution in [0.5, 0.6) is 5.75 Å². The smallest absolute Gasteiger partial charge is 0.263 e. The van der Waals surface area contributed by atoms with Crippen LogP contribution >= 0.6 is 0 Å². The van der Waals surface area contributed by atoms with Crippen LogP contribution in [-0.2, 0) is 10.0 Å². The maximum atomic E-state index is 12.4. The van der Waals surface area contributed by atoms with Gasteiger partial charge in [-0.3, -0.25) is 4.72 Å². The van der Waals surface area contributed by atoms with Crippen molar-refractivity contribution in [2.24, 2.45) is 0 Å². The van der Waals surface area contributed by atoms with Crippen molar-refractivity contribution in [1.29, 1.82) is 0 Å². The van der Waals surface area contributed by atoms with E-state index in [9.17, 15) is 8.42 Å². The lowest BCUT2D eigenvalue weighted by Gasteiger charge is -2.11. The monoisotopic (exact) mass is 347 g/mol. The van der Waals surface area contributed by atoms with Crippen molar-refractivity contribution in [3.05, 3.63) is 55.3 Å². The molecule has 2 aromatic rings. The lowest BCUT2D eigenvalue weighted by Crippen LogP contribution is -2.14. The Morgan fingerprint density at radius 1 is 1.21 bits per heavy atom. The number of aromatic nitrogens is 1. The Hall–Kier alpha value is -2.54. The summed E-state index contributed by atoms with van der Waals surface area (Å²) in [6, 6.07) is 9.60. The quantitative estimate of drug-likeness (QED) is 0.717. The lowest BCUT2D eigenvalue weighted by atomic mass is 10.3. The van der Waals surface area contributed by atoms with Crippen LogP contribution < -0.4 is 14.8 Å². The Labute approximate surface area is 142 Å². The van der Waals surface area contributed by atoms with Gasteiger partial charge in [-0.15, -0.1) is 6.58 Å². The van der Waals surface area contributed by atoms with E-state index < -0.39 is 10.0 Å². The Kier molecular flexibility index (Phi) is 5.81. The summed E-state index contributed by atoms with van der Waals surface area (Å²) in [5, 5.41) is 3.07. The molecule has 0 saturated heterocycles. The molecule has 0 bridgehead atoms. The van der Waals surface area contributed by atoms with Gasteiger partial charge in [-0.2, -0.15) is 0 Å². The molecule has 1 heterocycles. The fourth-order valence-corrected chi connectivity index (χ4v) is 2.92. The first-order chi connectivity index (χ1) is 11.4. The average Bonchev–Trinajstić information content (AvgIpc) is 2.54. The molecule has 24 heavy (non-hydrogen) atoms. The fraction of sp³-hybridized carbons (Fsp3) is 0.235. The summed E-state index contributed by atoms with van der Waals surface area (Å²) in [7, 11) is -3.69. The van der Waals surface area contributed by atoms with Gasteiger partial charge in [0.05, 0.1) is 22.9 Å². The fourth-order valence-electron chi connectivity index (χ4n) is 1.91. The molecule has 6 nitrogen and oxygen atoms in total. The summed E-state index contributed by atoms with van der Waals surface area (Å²) in [5.41, 5.74) is 0.785. The molecule has 2 N–H and O–H groups in total. The minimum Gasteiger partial charge on any atom is -0.491 e. The number of ether oxygens (including phenoxy) is 1. The Balaban J connectivity index is 2.08. The highest BCUT2D eigenvalue weighted by molar-refractivity contribution is 7.92. The van der Waals surface area contributed by atoms with Crippen molar-refractivity contribution in [3.63, 3.8) is 0 Å². The van der Waals surface area contributed by atoms with Crippen LogP contribution in [0.25, 0.3) is 0 Å². The maximum absolute atomic E-state index is 12.4. The highest BCUT2D eigenvalue weighted by Crippen LogP contribution is 2.19. The number of hydrogen-bond donors (Lipinski definition) is 2. The third-order valence-corrected chi connectivity index (χ3v) is 4.33. The molecular weight excluding hydrogens is 326 g/mol. The second-order valence-electron chi connectivity index (χ2n) is 5.35. The number of hydrogen-bond acceptors (Lipinski definition) is 5. The van der Waals surface area contributed by atoms with Crippen molar-refractivity contribution in [1.82, 2.24) is 4.98 Å². The number of nitrogens with zero attached hydrogens (tertiary/aromatic N) is 1. The first kappa shape index (κ1) is 17.8. The van der Waals surface area contributed by atoms with Crippen LogP contribution in [0.3, 0.4) is 0 Å². The van der Waals surface area contributed by atoms with Gasteiger partial charge in [0.2, 0.25) is 0 Å². The molecule has 0 fully saturated rings. The predicted octanol–water partition coefficient (Wildman–Crippen LogP) is 3.27. The van der Waals surface area contributed by atoms with Crippen LogP contribution in [0.15, 0.2) is 60.1 Å². The largest absolute Gasteiger partial charge is 0.491 e. The molecule has 0 spiro atoms. The van der Waals surface area contributed by atoms with Gasteiger partial charge in [-0.05, 0) is 50.2 Å². The Bertz CT molecular complexity index is 770. The predicted molar refractivity (Wildman–Crippen MR) is 95.9 cm³/mol. The average molecular weight is 347 g/mol. The van der Waals surface area contributed by atoms with Crippen molar-refractivity contribution in [3.8, 4) is 5.75 Å².